The molecule has 0 heterocycles. The maximum Gasteiger partial charge on any atom is 0.420 e. The molecular formula is C8H7F3O3. The Hall–Kier alpha value is -1.43. The summed E-state index contributed by atoms with van der Waals surface area (Å²) in [4.78, 5) is 0. The Labute approximate surface area is 77.0 Å². The van der Waals surface area contributed by atoms with Gasteiger partial charge in [-0.05, 0) is 12.1 Å². The topological polar surface area (TPSA) is 60.7 Å². The normalized spacial score (nSPS) is 11.7. The summed E-state index contributed by atoms with van der Waals surface area (Å²) in [7, 11) is 0. The Balaban J connectivity index is 3.37. The predicted molar refractivity (Wildman–Crippen MR) is 40.7 cm³/mol. The molecule has 0 amide bonds. The van der Waals surface area contributed by atoms with Crippen molar-refractivity contribution in [2.24, 2.45) is 0 Å². The van der Waals surface area contributed by atoms with Gasteiger partial charge in [0.1, 0.15) is 17.1 Å². The average molecular weight is 208 g/mol. The monoisotopic (exact) mass is 208 g/mol. The van der Waals surface area contributed by atoms with E-state index in [0.717, 1.165) is 6.07 Å². The van der Waals surface area contributed by atoms with Crippen LogP contribution in [0.1, 0.15) is 11.1 Å². The van der Waals surface area contributed by atoms with E-state index < -0.39 is 29.8 Å². The molecule has 0 saturated carbocycles. The molecule has 1 rings (SSSR count). The molecule has 0 aromatic heterocycles. The molecule has 0 spiro atoms. The Kier molecular flexibility index (Phi) is 2.57. The van der Waals surface area contributed by atoms with Crippen molar-refractivity contribution in [1.29, 1.82) is 0 Å². The number of phenolic OH excluding ortho intramolecular Hbond substituents is 1. The van der Waals surface area contributed by atoms with Crippen LogP contribution in [0.3, 0.4) is 0 Å². The Morgan fingerprint density at radius 3 is 2.14 bits per heavy atom. The highest BCUT2D eigenvalue weighted by atomic mass is 19.4. The van der Waals surface area contributed by atoms with Crippen LogP contribution in [-0.2, 0) is 12.8 Å². The van der Waals surface area contributed by atoms with Crippen molar-refractivity contribution in [2.75, 3.05) is 0 Å². The maximum absolute atomic E-state index is 12.2. The van der Waals surface area contributed by atoms with Gasteiger partial charge in [-0.15, -0.1) is 0 Å². The first-order valence-corrected chi connectivity index (χ1v) is 3.59. The minimum absolute atomic E-state index is 0.364. The third-order valence-electron chi connectivity index (χ3n) is 1.65. The molecule has 1 aromatic rings. The van der Waals surface area contributed by atoms with E-state index in [9.17, 15) is 13.2 Å². The number of phenols is 2. The molecule has 78 valence electrons. The molecule has 0 radical (unpaired) electrons. The molecule has 3 N–H and O–H groups in total. The fourth-order valence-electron chi connectivity index (χ4n) is 1.01. The minimum atomic E-state index is -4.76. The zero-order chi connectivity index (χ0) is 10.9. The first-order chi connectivity index (χ1) is 6.36. The molecule has 0 unspecified atom stereocenters. The fraction of sp³-hybridized carbons (Fsp3) is 0.250. The molecular weight excluding hydrogens is 201 g/mol. The van der Waals surface area contributed by atoms with Gasteiger partial charge in [-0.2, -0.15) is 13.2 Å². The molecule has 0 aliphatic rings. The summed E-state index contributed by atoms with van der Waals surface area (Å²) < 4.78 is 36.6. The summed E-state index contributed by atoms with van der Waals surface area (Å²) in [5.41, 5.74) is -1.72. The third-order valence-corrected chi connectivity index (χ3v) is 1.65. The van der Waals surface area contributed by atoms with E-state index in [1.165, 1.54) is 0 Å². The smallest absolute Gasteiger partial charge is 0.420 e. The van der Waals surface area contributed by atoms with Gasteiger partial charge in [0.05, 0.1) is 6.61 Å². The minimum Gasteiger partial charge on any atom is -0.508 e. The molecule has 0 aliphatic heterocycles. The molecule has 6 heteroatoms. The standard InChI is InChI=1S/C8H7F3O3/c9-8(10,11)6-2-5(13)1-4(3-12)7(6)14/h1-2,12-14H,3H2. The summed E-state index contributed by atoms with van der Waals surface area (Å²) in [5.74, 6) is -1.71. The lowest BCUT2D eigenvalue weighted by molar-refractivity contribution is -0.139. The van der Waals surface area contributed by atoms with Gasteiger partial charge >= 0.3 is 6.18 Å². The van der Waals surface area contributed by atoms with E-state index in [2.05, 4.69) is 0 Å². The van der Waals surface area contributed by atoms with Crippen molar-refractivity contribution in [3.63, 3.8) is 0 Å². The van der Waals surface area contributed by atoms with Crippen LogP contribution in [0.5, 0.6) is 11.5 Å². The van der Waals surface area contributed by atoms with Crippen molar-refractivity contribution in [2.45, 2.75) is 12.8 Å². The van der Waals surface area contributed by atoms with E-state index in [-0.39, 0.29) is 5.56 Å². The van der Waals surface area contributed by atoms with Gasteiger partial charge in [0.2, 0.25) is 0 Å². The number of alkyl halides is 3. The maximum atomic E-state index is 12.2. The molecule has 0 bridgehead atoms. The lowest BCUT2D eigenvalue weighted by Crippen LogP contribution is -2.06. The van der Waals surface area contributed by atoms with Gasteiger partial charge in [0, 0.05) is 5.56 Å². The number of aliphatic hydroxyl groups excluding tert-OH is 1. The van der Waals surface area contributed by atoms with E-state index >= 15 is 0 Å². The molecule has 0 saturated heterocycles. The number of hydrogen-bond acceptors (Lipinski definition) is 3. The zero-order valence-corrected chi connectivity index (χ0v) is 6.84. The number of benzene rings is 1. The first-order valence-electron chi connectivity index (χ1n) is 3.59. The lowest BCUT2D eigenvalue weighted by Gasteiger charge is -2.11. The highest BCUT2D eigenvalue weighted by Crippen LogP contribution is 2.39. The van der Waals surface area contributed by atoms with Crippen LogP contribution >= 0.6 is 0 Å². The number of halogens is 3. The van der Waals surface area contributed by atoms with Gasteiger partial charge in [-0.1, -0.05) is 0 Å². The van der Waals surface area contributed by atoms with Crippen molar-refractivity contribution in [3.8, 4) is 11.5 Å². The second-order valence-electron chi connectivity index (χ2n) is 2.66. The van der Waals surface area contributed by atoms with Crippen molar-refractivity contribution >= 4 is 0 Å². The van der Waals surface area contributed by atoms with Gasteiger partial charge in [-0.25, -0.2) is 0 Å². The molecule has 0 fully saturated rings. The molecule has 0 atom stereocenters. The Bertz CT molecular complexity index is 346. The number of aromatic hydroxyl groups is 2. The predicted octanol–water partition coefficient (Wildman–Crippen LogP) is 1.61. The first kappa shape index (κ1) is 10.6. The quantitative estimate of drug-likeness (QED) is 0.614. The van der Waals surface area contributed by atoms with Crippen LogP contribution in [0, 0.1) is 0 Å². The number of aliphatic hydroxyl groups is 1. The molecule has 14 heavy (non-hydrogen) atoms. The van der Waals surface area contributed by atoms with E-state index in [1.807, 2.05) is 0 Å². The van der Waals surface area contributed by atoms with Crippen LogP contribution in [0.15, 0.2) is 12.1 Å². The third kappa shape index (κ3) is 1.90. The van der Waals surface area contributed by atoms with Gasteiger partial charge < -0.3 is 15.3 Å². The summed E-state index contributed by atoms with van der Waals surface area (Å²) in [5, 5.41) is 26.5. The molecule has 3 nitrogen and oxygen atoms in total. The number of rotatable bonds is 1. The molecule has 0 aliphatic carbocycles. The number of hydrogen-bond donors (Lipinski definition) is 3. The van der Waals surface area contributed by atoms with Crippen LogP contribution in [-0.4, -0.2) is 15.3 Å². The second kappa shape index (κ2) is 3.38. The van der Waals surface area contributed by atoms with Gasteiger partial charge in [0.15, 0.2) is 0 Å². The van der Waals surface area contributed by atoms with Crippen molar-refractivity contribution in [1.82, 2.24) is 0 Å². The Morgan fingerprint density at radius 1 is 1.14 bits per heavy atom. The van der Waals surface area contributed by atoms with Crippen LogP contribution < -0.4 is 0 Å². The fourth-order valence-corrected chi connectivity index (χ4v) is 1.01. The van der Waals surface area contributed by atoms with E-state index in [1.54, 1.807) is 0 Å². The van der Waals surface area contributed by atoms with Gasteiger partial charge in [-0.3, -0.25) is 0 Å². The van der Waals surface area contributed by atoms with E-state index in [4.69, 9.17) is 15.3 Å². The Morgan fingerprint density at radius 2 is 1.71 bits per heavy atom. The van der Waals surface area contributed by atoms with Crippen LogP contribution in [0.25, 0.3) is 0 Å². The van der Waals surface area contributed by atoms with Crippen molar-refractivity contribution < 1.29 is 28.5 Å². The summed E-state index contributed by atoms with van der Waals surface area (Å²) in [6.07, 6.45) is -4.76. The summed E-state index contributed by atoms with van der Waals surface area (Å²) in [6, 6.07) is 1.26. The highest BCUT2D eigenvalue weighted by Gasteiger charge is 2.35. The summed E-state index contributed by atoms with van der Waals surface area (Å²) >= 11 is 0. The van der Waals surface area contributed by atoms with Crippen LogP contribution in [0.4, 0.5) is 13.2 Å². The largest absolute Gasteiger partial charge is 0.508 e. The lowest BCUT2D eigenvalue weighted by atomic mass is 10.1. The highest BCUT2D eigenvalue weighted by molar-refractivity contribution is 5.46. The van der Waals surface area contributed by atoms with E-state index in [0.29, 0.717) is 6.07 Å². The second-order valence-corrected chi connectivity index (χ2v) is 2.66. The van der Waals surface area contributed by atoms with Gasteiger partial charge in [0.25, 0.3) is 0 Å². The van der Waals surface area contributed by atoms with Crippen LogP contribution in [0.2, 0.25) is 0 Å². The zero-order valence-electron chi connectivity index (χ0n) is 6.84. The summed E-state index contributed by atoms with van der Waals surface area (Å²) in [6.45, 7) is -0.774. The average Bonchev–Trinajstić information content (AvgIpc) is 2.06. The SMILES string of the molecule is OCc1cc(O)cc(C(F)(F)F)c1O. The van der Waals surface area contributed by atoms with Crippen molar-refractivity contribution in [3.05, 3.63) is 23.3 Å². The molecule has 1 aromatic carbocycles.